The summed E-state index contributed by atoms with van der Waals surface area (Å²) < 4.78 is 0. The summed E-state index contributed by atoms with van der Waals surface area (Å²) in [4.78, 5) is 45.0. The minimum absolute atomic E-state index is 0.0261. The molecule has 8 nitrogen and oxygen atoms in total. The lowest BCUT2D eigenvalue weighted by Gasteiger charge is -2.24. The van der Waals surface area contributed by atoms with E-state index in [-0.39, 0.29) is 23.8 Å². The van der Waals surface area contributed by atoms with Crippen LogP contribution in [0.2, 0.25) is 10.0 Å². The van der Waals surface area contributed by atoms with Gasteiger partial charge in [0.05, 0.1) is 22.2 Å². The summed E-state index contributed by atoms with van der Waals surface area (Å²) in [6, 6.07) is 10.4. The van der Waals surface area contributed by atoms with E-state index in [9.17, 15) is 14.4 Å². The molecule has 1 aliphatic heterocycles. The normalized spacial score (nSPS) is 15.0. The number of H-pyrrole nitrogens is 1. The van der Waals surface area contributed by atoms with E-state index in [2.05, 4.69) is 25.9 Å². The number of aromatic nitrogens is 2. The minimum Gasteiger partial charge on any atom is -0.326 e. The molecule has 2 amide bonds. The fourth-order valence-electron chi connectivity index (χ4n) is 3.65. The van der Waals surface area contributed by atoms with E-state index in [4.69, 9.17) is 23.2 Å². The molecule has 10 heteroatoms. The number of carbonyl (C=O) groups is 2. The molecule has 164 valence electrons. The highest BCUT2D eigenvalue weighted by molar-refractivity contribution is 6.36. The maximum atomic E-state index is 13.0. The van der Waals surface area contributed by atoms with Crippen LogP contribution in [0.25, 0.3) is 0 Å². The molecule has 0 radical (unpaired) electrons. The van der Waals surface area contributed by atoms with Crippen LogP contribution in [0.3, 0.4) is 0 Å². The van der Waals surface area contributed by atoms with Crippen LogP contribution >= 0.6 is 23.2 Å². The third-order valence-corrected chi connectivity index (χ3v) is 5.49. The van der Waals surface area contributed by atoms with E-state index in [1.807, 2.05) is 32.0 Å². The van der Waals surface area contributed by atoms with Crippen molar-refractivity contribution in [2.75, 3.05) is 16.0 Å². The fraction of sp³-hybridized carbons (Fsp3) is 0.182. The Labute approximate surface area is 193 Å². The Bertz CT molecular complexity index is 1280. The summed E-state index contributed by atoms with van der Waals surface area (Å²) in [5.41, 5.74) is 2.59. The van der Waals surface area contributed by atoms with Crippen LogP contribution in [-0.4, -0.2) is 21.8 Å². The van der Waals surface area contributed by atoms with E-state index in [1.54, 1.807) is 12.1 Å². The van der Waals surface area contributed by atoms with E-state index >= 15 is 0 Å². The van der Waals surface area contributed by atoms with E-state index in [0.717, 1.165) is 11.1 Å². The zero-order valence-electron chi connectivity index (χ0n) is 17.2. The molecule has 3 aromatic rings. The van der Waals surface area contributed by atoms with E-state index < -0.39 is 23.3 Å². The standard InChI is InChI=1S/C22H19Cl2N5O3/c1-10-5-11(2)7-13(6-10)25-20(31)14-9-17(30)27-19-18(14)21(32)29-22(28-19)26-16-4-3-12(23)8-15(16)24/h3-8,14H,9H2,1-2H3,(H,25,31)(H3,26,27,28,29,30,32). The van der Waals surface area contributed by atoms with E-state index in [1.165, 1.54) is 6.07 Å². The Morgan fingerprint density at radius 3 is 2.50 bits per heavy atom. The van der Waals surface area contributed by atoms with Gasteiger partial charge in [-0.15, -0.1) is 0 Å². The highest BCUT2D eigenvalue weighted by Crippen LogP contribution is 2.31. The van der Waals surface area contributed by atoms with Gasteiger partial charge in [0.2, 0.25) is 17.8 Å². The first-order chi connectivity index (χ1) is 15.2. The van der Waals surface area contributed by atoms with Gasteiger partial charge in [-0.05, 0) is 55.3 Å². The lowest BCUT2D eigenvalue weighted by molar-refractivity contribution is -0.123. The number of hydrogen-bond acceptors (Lipinski definition) is 5. The molecular formula is C22H19Cl2N5O3. The lowest BCUT2D eigenvalue weighted by Crippen LogP contribution is -2.36. The number of rotatable bonds is 4. The third kappa shape index (κ3) is 4.61. The van der Waals surface area contributed by atoms with Gasteiger partial charge in [-0.1, -0.05) is 29.3 Å². The van der Waals surface area contributed by atoms with Crippen LogP contribution in [0.15, 0.2) is 41.2 Å². The SMILES string of the molecule is Cc1cc(C)cc(NC(=O)C2CC(=O)Nc3nc(Nc4ccc(Cl)cc4Cl)[nH]c(=O)c32)c1. The molecule has 2 heterocycles. The first kappa shape index (κ1) is 21.9. The van der Waals surface area contributed by atoms with Gasteiger partial charge < -0.3 is 16.0 Å². The number of benzene rings is 2. The number of halogens is 2. The summed E-state index contributed by atoms with van der Waals surface area (Å²) in [6.45, 7) is 3.84. The molecule has 0 saturated carbocycles. The van der Waals surface area contributed by atoms with Crippen molar-refractivity contribution in [2.24, 2.45) is 0 Å². The van der Waals surface area contributed by atoms with Gasteiger partial charge in [0.25, 0.3) is 5.56 Å². The number of amides is 2. The van der Waals surface area contributed by atoms with Crippen LogP contribution in [0.4, 0.5) is 23.1 Å². The quantitative estimate of drug-likeness (QED) is 0.446. The minimum atomic E-state index is -0.982. The van der Waals surface area contributed by atoms with Crippen LogP contribution < -0.4 is 21.5 Å². The summed E-state index contributed by atoms with van der Waals surface area (Å²) in [6.07, 6.45) is -0.163. The van der Waals surface area contributed by atoms with Crippen LogP contribution in [0.1, 0.15) is 29.0 Å². The fourth-order valence-corrected chi connectivity index (χ4v) is 4.10. The van der Waals surface area contributed by atoms with Crippen molar-refractivity contribution in [1.82, 2.24) is 9.97 Å². The topological polar surface area (TPSA) is 116 Å². The van der Waals surface area contributed by atoms with Gasteiger partial charge in [0, 0.05) is 17.1 Å². The molecule has 1 aliphatic rings. The lowest BCUT2D eigenvalue weighted by atomic mass is 9.92. The van der Waals surface area contributed by atoms with Crippen molar-refractivity contribution in [3.63, 3.8) is 0 Å². The molecule has 0 saturated heterocycles. The molecule has 0 fully saturated rings. The highest BCUT2D eigenvalue weighted by Gasteiger charge is 2.34. The summed E-state index contributed by atoms with van der Waals surface area (Å²) in [5.74, 6) is -1.76. The number of carbonyl (C=O) groups excluding carboxylic acids is 2. The number of anilines is 4. The van der Waals surface area contributed by atoms with Gasteiger partial charge in [0.1, 0.15) is 5.82 Å². The monoisotopic (exact) mass is 471 g/mol. The Kier molecular flexibility index (Phi) is 5.90. The summed E-state index contributed by atoms with van der Waals surface area (Å²) in [7, 11) is 0. The van der Waals surface area contributed by atoms with Crippen LogP contribution in [0.5, 0.6) is 0 Å². The van der Waals surface area contributed by atoms with Crippen molar-refractivity contribution in [3.8, 4) is 0 Å². The molecule has 1 aromatic heterocycles. The Balaban J connectivity index is 1.65. The van der Waals surface area contributed by atoms with Gasteiger partial charge in [0.15, 0.2) is 0 Å². The molecule has 0 aliphatic carbocycles. The Hall–Kier alpha value is -3.36. The van der Waals surface area contributed by atoms with Crippen LogP contribution in [0, 0.1) is 13.8 Å². The van der Waals surface area contributed by atoms with Crippen molar-refractivity contribution in [2.45, 2.75) is 26.2 Å². The van der Waals surface area contributed by atoms with Gasteiger partial charge in [-0.25, -0.2) is 0 Å². The number of hydrogen-bond donors (Lipinski definition) is 4. The zero-order chi connectivity index (χ0) is 23.0. The predicted molar refractivity (Wildman–Crippen MR) is 125 cm³/mol. The second kappa shape index (κ2) is 8.64. The molecule has 4 rings (SSSR count). The number of aromatic amines is 1. The smallest absolute Gasteiger partial charge is 0.258 e. The zero-order valence-corrected chi connectivity index (χ0v) is 18.7. The van der Waals surface area contributed by atoms with Gasteiger partial charge >= 0.3 is 0 Å². The molecule has 0 bridgehead atoms. The maximum absolute atomic E-state index is 13.0. The molecule has 32 heavy (non-hydrogen) atoms. The molecule has 0 spiro atoms. The molecule has 4 N–H and O–H groups in total. The second-order valence-corrected chi connectivity index (χ2v) is 8.44. The Morgan fingerprint density at radius 1 is 1.09 bits per heavy atom. The molecule has 2 aromatic carbocycles. The number of nitrogens with one attached hydrogen (secondary N) is 4. The van der Waals surface area contributed by atoms with Gasteiger partial charge in [-0.2, -0.15) is 4.98 Å². The average molecular weight is 472 g/mol. The summed E-state index contributed by atoms with van der Waals surface area (Å²) in [5, 5.41) is 9.05. The van der Waals surface area contributed by atoms with Crippen molar-refractivity contribution >= 4 is 58.2 Å². The largest absolute Gasteiger partial charge is 0.326 e. The van der Waals surface area contributed by atoms with Crippen LogP contribution in [-0.2, 0) is 9.59 Å². The maximum Gasteiger partial charge on any atom is 0.258 e. The average Bonchev–Trinajstić information content (AvgIpc) is 2.68. The number of aryl methyl sites for hydroxylation is 2. The van der Waals surface area contributed by atoms with Crippen molar-refractivity contribution < 1.29 is 9.59 Å². The highest BCUT2D eigenvalue weighted by atomic mass is 35.5. The molecule has 1 atom stereocenters. The third-order valence-electron chi connectivity index (χ3n) is 4.94. The molecular weight excluding hydrogens is 453 g/mol. The number of fused-ring (bicyclic) bond motifs is 1. The Morgan fingerprint density at radius 2 is 1.81 bits per heavy atom. The summed E-state index contributed by atoms with van der Waals surface area (Å²) >= 11 is 12.1. The first-order valence-electron chi connectivity index (χ1n) is 9.75. The van der Waals surface area contributed by atoms with E-state index in [0.29, 0.717) is 21.4 Å². The van der Waals surface area contributed by atoms with Crippen molar-refractivity contribution in [1.29, 1.82) is 0 Å². The molecule has 1 unspecified atom stereocenters. The first-order valence-corrected chi connectivity index (χ1v) is 10.5. The predicted octanol–water partition coefficient (Wildman–Crippen LogP) is 4.50. The van der Waals surface area contributed by atoms with Crippen molar-refractivity contribution in [3.05, 3.63) is 73.5 Å². The van der Waals surface area contributed by atoms with Gasteiger partial charge in [-0.3, -0.25) is 19.4 Å². The second-order valence-electron chi connectivity index (χ2n) is 7.60. The number of nitrogens with zero attached hydrogens (tertiary/aromatic N) is 1.